The molecule has 2 aromatic heterocycles. The zero-order valence-electron chi connectivity index (χ0n) is 17.6. The molecule has 1 fully saturated rings. The van der Waals surface area contributed by atoms with Crippen molar-refractivity contribution in [3.05, 3.63) is 59.0 Å². The first-order valence-electron chi connectivity index (χ1n) is 10.6. The molecule has 3 aromatic rings. The van der Waals surface area contributed by atoms with Crippen molar-refractivity contribution >= 4 is 22.6 Å². The third-order valence-corrected chi connectivity index (χ3v) is 5.46. The lowest BCUT2D eigenvalue weighted by molar-refractivity contribution is -0.122. The molecule has 1 aliphatic heterocycles. The fraction of sp³-hybridized carbons (Fsp3) is 0.409. The number of amides is 1. The standard InChI is InChI=1S/C22H27N7O2/c1-17(16-27-12-14-28(15-13-27)20-8-4-5-10-23-20)24-21(30)9-11-29-22(31)18-6-2-3-7-19(18)25-26-29/h2-8,10,17H,9,11-16H2,1H3,(H,24,30). The van der Waals surface area contributed by atoms with Crippen molar-refractivity contribution < 1.29 is 4.79 Å². The third kappa shape index (κ3) is 5.24. The molecule has 0 aliphatic carbocycles. The van der Waals surface area contributed by atoms with Crippen LogP contribution in [0.1, 0.15) is 13.3 Å². The first-order chi connectivity index (χ1) is 15.1. The number of hydrogen-bond donors (Lipinski definition) is 1. The summed E-state index contributed by atoms with van der Waals surface area (Å²) in [5.74, 6) is 0.914. The van der Waals surface area contributed by atoms with Crippen molar-refractivity contribution in [2.45, 2.75) is 25.9 Å². The first-order valence-corrected chi connectivity index (χ1v) is 10.6. The summed E-state index contributed by atoms with van der Waals surface area (Å²) < 4.78 is 1.25. The highest BCUT2D eigenvalue weighted by atomic mass is 16.2. The zero-order chi connectivity index (χ0) is 21.6. The Balaban J connectivity index is 1.22. The molecule has 0 spiro atoms. The van der Waals surface area contributed by atoms with Crippen LogP contribution in [0.4, 0.5) is 5.82 Å². The van der Waals surface area contributed by atoms with Crippen LogP contribution >= 0.6 is 0 Å². The van der Waals surface area contributed by atoms with Gasteiger partial charge in [0, 0.05) is 51.4 Å². The van der Waals surface area contributed by atoms with Crippen LogP contribution in [0.15, 0.2) is 53.5 Å². The number of nitrogens with one attached hydrogen (secondary N) is 1. The van der Waals surface area contributed by atoms with Gasteiger partial charge < -0.3 is 10.2 Å². The van der Waals surface area contributed by atoms with Crippen molar-refractivity contribution in [3.63, 3.8) is 0 Å². The minimum Gasteiger partial charge on any atom is -0.354 e. The molecule has 1 N–H and O–H groups in total. The summed E-state index contributed by atoms with van der Waals surface area (Å²) in [7, 11) is 0. The molecule has 4 rings (SSSR count). The second-order valence-electron chi connectivity index (χ2n) is 7.83. The number of rotatable bonds is 7. The van der Waals surface area contributed by atoms with Gasteiger partial charge in [-0.2, -0.15) is 0 Å². The predicted molar refractivity (Wildman–Crippen MR) is 119 cm³/mol. The van der Waals surface area contributed by atoms with Crippen LogP contribution in [0.25, 0.3) is 10.9 Å². The van der Waals surface area contributed by atoms with Gasteiger partial charge in [0.1, 0.15) is 11.3 Å². The summed E-state index contributed by atoms with van der Waals surface area (Å²) in [6.07, 6.45) is 2.00. The van der Waals surface area contributed by atoms with Crippen molar-refractivity contribution in [2.75, 3.05) is 37.6 Å². The van der Waals surface area contributed by atoms with E-state index >= 15 is 0 Å². The normalized spacial score (nSPS) is 15.7. The minimum absolute atomic E-state index is 0.0216. The van der Waals surface area contributed by atoms with Crippen molar-refractivity contribution in [3.8, 4) is 0 Å². The molecule has 0 saturated carbocycles. The quantitative estimate of drug-likeness (QED) is 0.606. The lowest BCUT2D eigenvalue weighted by Gasteiger charge is -2.36. The van der Waals surface area contributed by atoms with Crippen LogP contribution in [0, 0.1) is 0 Å². The second kappa shape index (κ2) is 9.65. The maximum Gasteiger partial charge on any atom is 0.277 e. The smallest absolute Gasteiger partial charge is 0.277 e. The fourth-order valence-corrected chi connectivity index (χ4v) is 3.86. The molecule has 0 bridgehead atoms. The van der Waals surface area contributed by atoms with Crippen molar-refractivity contribution in [1.82, 2.24) is 30.2 Å². The summed E-state index contributed by atoms with van der Waals surface area (Å²) in [6.45, 7) is 6.70. The molecule has 3 heterocycles. The van der Waals surface area contributed by atoms with E-state index in [4.69, 9.17) is 0 Å². The number of carbonyl (C=O) groups excluding carboxylic acids is 1. The second-order valence-corrected chi connectivity index (χ2v) is 7.83. The molecule has 0 radical (unpaired) electrons. The lowest BCUT2D eigenvalue weighted by atomic mass is 10.2. The summed E-state index contributed by atoms with van der Waals surface area (Å²) >= 11 is 0. The number of hydrogen-bond acceptors (Lipinski definition) is 7. The predicted octanol–water partition coefficient (Wildman–Crippen LogP) is 0.904. The van der Waals surface area contributed by atoms with Gasteiger partial charge in [0.2, 0.25) is 5.91 Å². The number of fused-ring (bicyclic) bond motifs is 1. The summed E-state index contributed by atoms with van der Waals surface area (Å²) in [4.78, 5) is 33.9. The van der Waals surface area contributed by atoms with Gasteiger partial charge in [0.25, 0.3) is 5.56 Å². The molecule has 9 nitrogen and oxygen atoms in total. The highest BCUT2D eigenvalue weighted by molar-refractivity contribution is 5.77. The molecule has 1 aliphatic rings. The van der Waals surface area contributed by atoms with E-state index in [0.29, 0.717) is 10.9 Å². The van der Waals surface area contributed by atoms with E-state index in [1.807, 2.05) is 37.4 Å². The van der Waals surface area contributed by atoms with E-state index in [-0.39, 0.29) is 30.5 Å². The zero-order valence-corrected chi connectivity index (χ0v) is 17.6. The van der Waals surface area contributed by atoms with Gasteiger partial charge in [-0.1, -0.05) is 23.4 Å². The number of piperazine rings is 1. The number of pyridine rings is 1. The Morgan fingerprint density at radius 2 is 1.87 bits per heavy atom. The largest absolute Gasteiger partial charge is 0.354 e. The molecular weight excluding hydrogens is 394 g/mol. The van der Waals surface area contributed by atoms with Gasteiger partial charge in [-0.05, 0) is 31.2 Å². The van der Waals surface area contributed by atoms with Crippen LogP contribution < -0.4 is 15.8 Å². The van der Waals surface area contributed by atoms with E-state index in [0.717, 1.165) is 38.5 Å². The molecule has 9 heteroatoms. The first kappa shape index (κ1) is 20.9. The molecule has 162 valence electrons. The fourth-order valence-electron chi connectivity index (χ4n) is 3.86. The number of aromatic nitrogens is 4. The average Bonchev–Trinajstić information content (AvgIpc) is 2.80. The van der Waals surface area contributed by atoms with Crippen molar-refractivity contribution in [1.29, 1.82) is 0 Å². The van der Waals surface area contributed by atoms with E-state index in [2.05, 4.69) is 30.4 Å². The lowest BCUT2D eigenvalue weighted by Crippen LogP contribution is -2.51. The van der Waals surface area contributed by atoms with Gasteiger partial charge in [-0.3, -0.25) is 14.5 Å². The van der Waals surface area contributed by atoms with Gasteiger partial charge >= 0.3 is 0 Å². The van der Waals surface area contributed by atoms with Crippen LogP contribution in [-0.2, 0) is 11.3 Å². The molecule has 1 amide bonds. The van der Waals surface area contributed by atoms with E-state index in [9.17, 15) is 9.59 Å². The Morgan fingerprint density at radius 1 is 1.10 bits per heavy atom. The monoisotopic (exact) mass is 421 g/mol. The average molecular weight is 422 g/mol. The molecule has 1 atom stereocenters. The number of aryl methyl sites for hydroxylation is 1. The van der Waals surface area contributed by atoms with E-state index in [1.165, 1.54) is 4.68 Å². The highest BCUT2D eigenvalue weighted by Crippen LogP contribution is 2.12. The molecule has 1 unspecified atom stereocenters. The Morgan fingerprint density at radius 3 is 2.65 bits per heavy atom. The molecular formula is C22H27N7O2. The Kier molecular flexibility index (Phi) is 6.51. The minimum atomic E-state index is -0.225. The van der Waals surface area contributed by atoms with Gasteiger partial charge in [0.15, 0.2) is 0 Å². The number of anilines is 1. The third-order valence-electron chi connectivity index (χ3n) is 5.46. The summed E-state index contributed by atoms with van der Waals surface area (Å²) in [5, 5.41) is 11.5. The number of benzene rings is 1. The van der Waals surface area contributed by atoms with Crippen molar-refractivity contribution in [2.24, 2.45) is 0 Å². The van der Waals surface area contributed by atoms with E-state index in [1.54, 1.807) is 18.2 Å². The van der Waals surface area contributed by atoms with Gasteiger partial charge in [-0.15, -0.1) is 5.10 Å². The maximum absolute atomic E-state index is 12.5. The highest BCUT2D eigenvalue weighted by Gasteiger charge is 2.20. The van der Waals surface area contributed by atoms with Gasteiger partial charge in [-0.25, -0.2) is 9.67 Å². The van der Waals surface area contributed by atoms with Gasteiger partial charge in [0.05, 0.1) is 11.9 Å². The van der Waals surface area contributed by atoms with Crippen LogP contribution in [0.3, 0.4) is 0 Å². The Hall–Kier alpha value is -3.33. The van der Waals surface area contributed by atoms with Crippen LogP contribution in [0.2, 0.25) is 0 Å². The van der Waals surface area contributed by atoms with E-state index < -0.39 is 0 Å². The number of carbonyl (C=O) groups is 1. The number of nitrogens with zero attached hydrogens (tertiary/aromatic N) is 6. The summed E-state index contributed by atoms with van der Waals surface area (Å²) in [5.41, 5.74) is 0.335. The Bertz CT molecular complexity index is 1080. The van der Waals surface area contributed by atoms with Crippen LogP contribution in [-0.4, -0.2) is 69.6 Å². The SMILES string of the molecule is CC(CN1CCN(c2ccccn2)CC1)NC(=O)CCn1nnc2ccccc2c1=O. The molecule has 31 heavy (non-hydrogen) atoms. The molecule has 1 aromatic carbocycles. The molecule has 1 saturated heterocycles. The van der Waals surface area contributed by atoms with Crippen LogP contribution in [0.5, 0.6) is 0 Å². The topological polar surface area (TPSA) is 96.2 Å². The summed E-state index contributed by atoms with van der Waals surface area (Å²) in [6, 6.07) is 13.1. The maximum atomic E-state index is 12.5. The Labute approximate surface area is 180 Å².